The number of rotatable bonds is 8. The molecule has 0 spiro atoms. The minimum absolute atomic E-state index is 1.08. The van der Waals surface area contributed by atoms with Crippen LogP contribution in [-0.2, 0) is 0 Å². The summed E-state index contributed by atoms with van der Waals surface area (Å²) in [6, 6.07) is 64.3. The summed E-state index contributed by atoms with van der Waals surface area (Å²) < 4.78 is 5.21. The highest BCUT2D eigenvalue weighted by molar-refractivity contribution is 7.26. The van der Waals surface area contributed by atoms with Gasteiger partial charge in [-0.05, 0) is 106 Å². The zero-order valence-corrected chi connectivity index (χ0v) is 32.6. The van der Waals surface area contributed by atoms with Crippen LogP contribution in [0.3, 0.4) is 0 Å². The lowest BCUT2D eigenvalue weighted by Gasteiger charge is -2.29. The van der Waals surface area contributed by atoms with Crippen molar-refractivity contribution in [3.05, 3.63) is 212 Å². The highest BCUT2D eigenvalue weighted by Gasteiger charge is 2.21. The van der Waals surface area contributed by atoms with E-state index in [1.165, 1.54) is 84.5 Å². The molecule has 0 unspecified atom stereocenters. The third-order valence-corrected chi connectivity index (χ3v) is 13.1. The van der Waals surface area contributed by atoms with Gasteiger partial charge >= 0.3 is 0 Å². The van der Waals surface area contributed by atoms with Crippen LogP contribution in [0.1, 0.15) is 12.5 Å². The number of benzene rings is 8. The second-order valence-electron chi connectivity index (χ2n) is 14.2. The third-order valence-electron chi connectivity index (χ3n) is 10.8. The zero-order chi connectivity index (χ0) is 37.6. The Hall–Kier alpha value is -6.52. The fraction of sp³-hybridized carbons (Fsp3) is 0.0189. The van der Waals surface area contributed by atoms with Gasteiger partial charge < -0.3 is 4.90 Å². The minimum atomic E-state index is 1.08. The van der Waals surface area contributed by atoms with Crippen molar-refractivity contribution >= 4 is 90.7 Å². The van der Waals surface area contributed by atoms with Crippen molar-refractivity contribution in [3.63, 3.8) is 0 Å². The number of thiophene rings is 2. The second kappa shape index (κ2) is 14.3. The van der Waals surface area contributed by atoms with E-state index in [9.17, 15) is 0 Å². The second-order valence-corrected chi connectivity index (χ2v) is 16.3. The molecular weight excluding hydrogens is 715 g/mol. The molecule has 0 fully saturated rings. The van der Waals surface area contributed by atoms with E-state index < -0.39 is 0 Å². The van der Waals surface area contributed by atoms with Gasteiger partial charge in [0, 0.05) is 57.4 Å². The molecule has 3 heteroatoms. The standard InChI is InChI=1S/C53H37NS2/c1-3-4-26-48(35(2)42-24-14-29-51-53(42)47-23-8-10-28-50(47)55-51)54(41-20-12-18-39(33-41)44-25-13-16-36-15-5-6-21-43(36)44)40-19-11-17-37(32-40)38-30-31-46-45-22-7-9-27-49(45)56-52(46)34-38/h3-34H,1H2,2H3/b26-4-,48-35-. The molecule has 0 radical (unpaired) electrons. The topological polar surface area (TPSA) is 3.24 Å². The van der Waals surface area contributed by atoms with Crippen molar-refractivity contribution in [1.29, 1.82) is 0 Å². The Labute approximate surface area is 335 Å². The van der Waals surface area contributed by atoms with E-state index in [4.69, 9.17) is 0 Å². The molecule has 0 aliphatic heterocycles. The van der Waals surface area contributed by atoms with Crippen LogP contribution >= 0.6 is 22.7 Å². The van der Waals surface area contributed by atoms with Crippen LogP contribution in [0.2, 0.25) is 0 Å². The van der Waals surface area contributed by atoms with Gasteiger partial charge in [0.15, 0.2) is 0 Å². The molecule has 10 aromatic rings. The molecule has 10 rings (SSSR count). The molecule has 2 aromatic heterocycles. The van der Waals surface area contributed by atoms with Gasteiger partial charge in [0.1, 0.15) is 0 Å². The smallest absolute Gasteiger partial charge is 0.0496 e. The van der Waals surface area contributed by atoms with E-state index in [1.807, 2.05) is 28.7 Å². The molecule has 0 bridgehead atoms. The Morgan fingerprint density at radius 1 is 0.500 bits per heavy atom. The SMILES string of the molecule is C=C/C=C\C(=C(/C)c1cccc2sc3ccccc3c12)N(c1cccc(-c2ccc3c(c2)sc2ccccc23)c1)c1cccc(-c2cccc3ccccc23)c1. The van der Waals surface area contributed by atoms with Crippen molar-refractivity contribution in [2.24, 2.45) is 0 Å². The maximum Gasteiger partial charge on any atom is 0.0496 e. The average molecular weight is 752 g/mol. The summed E-state index contributed by atoms with van der Waals surface area (Å²) in [6.45, 7) is 6.37. The molecule has 0 atom stereocenters. The summed E-state index contributed by atoms with van der Waals surface area (Å²) in [5, 5.41) is 7.69. The third kappa shape index (κ3) is 5.93. The minimum Gasteiger partial charge on any atom is -0.310 e. The maximum absolute atomic E-state index is 4.10. The quantitative estimate of drug-likeness (QED) is 0.140. The number of fused-ring (bicyclic) bond motifs is 7. The summed E-state index contributed by atoms with van der Waals surface area (Å²) >= 11 is 3.72. The van der Waals surface area contributed by atoms with Crippen LogP contribution in [0, 0.1) is 0 Å². The van der Waals surface area contributed by atoms with Crippen LogP contribution in [0.15, 0.2) is 206 Å². The molecule has 0 saturated heterocycles. The van der Waals surface area contributed by atoms with Crippen LogP contribution in [-0.4, -0.2) is 0 Å². The van der Waals surface area contributed by atoms with E-state index in [-0.39, 0.29) is 0 Å². The van der Waals surface area contributed by atoms with Gasteiger partial charge in [0.2, 0.25) is 0 Å². The normalized spacial score (nSPS) is 12.3. The number of anilines is 2. The summed E-state index contributed by atoms with van der Waals surface area (Å²) in [5.74, 6) is 0. The first-order chi connectivity index (χ1) is 27.6. The fourth-order valence-electron chi connectivity index (χ4n) is 8.20. The Morgan fingerprint density at radius 2 is 1.09 bits per heavy atom. The molecule has 0 saturated carbocycles. The van der Waals surface area contributed by atoms with Gasteiger partial charge in [-0.2, -0.15) is 0 Å². The van der Waals surface area contributed by atoms with Gasteiger partial charge in [0.25, 0.3) is 0 Å². The summed E-state index contributed by atoms with van der Waals surface area (Å²) in [7, 11) is 0. The van der Waals surface area contributed by atoms with Crippen molar-refractivity contribution < 1.29 is 0 Å². The van der Waals surface area contributed by atoms with Crippen LogP contribution in [0.5, 0.6) is 0 Å². The van der Waals surface area contributed by atoms with Gasteiger partial charge in [-0.3, -0.25) is 0 Å². The van der Waals surface area contributed by atoms with E-state index in [0.717, 1.165) is 17.1 Å². The predicted octanol–water partition coefficient (Wildman–Crippen LogP) is 16.2. The molecular formula is C53H37NS2. The largest absolute Gasteiger partial charge is 0.310 e. The average Bonchev–Trinajstić information content (AvgIpc) is 3.83. The molecule has 0 aliphatic carbocycles. The van der Waals surface area contributed by atoms with Gasteiger partial charge in [-0.1, -0.05) is 146 Å². The lowest BCUT2D eigenvalue weighted by molar-refractivity contribution is 1.21. The summed E-state index contributed by atoms with van der Waals surface area (Å²) in [5.41, 5.74) is 10.4. The van der Waals surface area contributed by atoms with Crippen LogP contribution < -0.4 is 4.90 Å². The Morgan fingerprint density at radius 3 is 1.91 bits per heavy atom. The highest BCUT2D eigenvalue weighted by Crippen LogP contribution is 2.43. The molecule has 0 amide bonds. The van der Waals surface area contributed by atoms with Gasteiger partial charge in [-0.15, -0.1) is 22.7 Å². The first-order valence-corrected chi connectivity index (χ1v) is 20.6. The lowest BCUT2D eigenvalue weighted by Crippen LogP contribution is -2.17. The number of allylic oxidation sites excluding steroid dienone is 4. The highest BCUT2D eigenvalue weighted by atomic mass is 32.1. The van der Waals surface area contributed by atoms with E-state index in [0.29, 0.717) is 0 Å². The van der Waals surface area contributed by atoms with Crippen molar-refractivity contribution in [1.82, 2.24) is 0 Å². The number of hydrogen-bond acceptors (Lipinski definition) is 3. The van der Waals surface area contributed by atoms with Crippen LogP contribution in [0.25, 0.3) is 78.9 Å². The van der Waals surface area contributed by atoms with E-state index in [2.05, 4.69) is 206 Å². The molecule has 56 heavy (non-hydrogen) atoms. The van der Waals surface area contributed by atoms with Crippen molar-refractivity contribution in [2.75, 3.05) is 4.90 Å². The summed E-state index contributed by atoms with van der Waals surface area (Å²) in [6.07, 6.45) is 6.15. The fourth-order valence-corrected chi connectivity index (χ4v) is 10.5. The monoisotopic (exact) mass is 751 g/mol. The predicted molar refractivity (Wildman–Crippen MR) is 248 cm³/mol. The lowest BCUT2D eigenvalue weighted by atomic mass is 9.96. The van der Waals surface area contributed by atoms with E-state index in [1.54, 1.807) is 0 Å². The summed E-state index contributed by atoms with van der Waals surface area (Å²) in [4.78, 5) is 2.43. The molecule has 1 nitrogen and oxygen atoms in total. The molecule has 0 N–H and O–H groups in total. The first kappa shape index (κ1) is 34.0. The molecule has 2 heterocycles. The zero-order valence-electron chi connectivity index (χ0n) is 30.9. The molecule has 266 valence electrons. The molecule has 0 aliphatic rings. The van der Waals surface area contributed by atoms with E-state index >= 15 is 0 Å². The maximum atomic E-state index is 4.10. The first-order valence-electron chi connectivity index (χ1n) is 19.0. The number of hydrogen-bond donors (Lipinski definition) is 0. The van der Waals surface area contributed by atoms with Gasteiger partial charge in [0.05, 0.1) is 0 Å². The Kier molecular flexibility index (Phi) is 8.67. The molecule has 8 aromatic carbocycles. The van der Waals surface area contributed by atoms with Crippen molar-refractivity contribution in [2.45, 2.75) is 6.92 Å². The number of nitrogens with zero attached hydrogens (tertiary/aromatic N) is 1. The van der Waals surface area contributed by atoms with Gasteiger partial charge in [-0.25, -0.2) is 0 Å². The Bertz CT molecular complexity index is 3190. The van der Waals surface area contributed by atoms with Crippen LogP contribution in [0.4, 0.5) is 11.4 Å². The Balaban J connectivity index is 1.20. The van der Waals surface area contributed by atoms with Crippen molar-refractivity contribution in [3.8, 4) is 22.3 Å².